The maximum Gasteiger partial charge on any atom is 0.433 e. The van der Waals surface area contributed by atoms with Crippen LogP contribution in [0.2, 0.25) is 0 Å². The first-order chi connectivity index (χ1) is 14.2. The lowest BCUT2D eigenvalue weighted by Crippen LogP contribution is -2.27. The number of carbonyl (C=O) groups excluding carboxylic acids is 1. The zero-order valence-corrected chi connectivity index (χ0v) is 16.2. The topological polar surface area (TPSA) is 64.2 Å². The van der Waals surface area contributed by atoms with Gasteiger partial charge >= 0.3 is 6.18 Å². The number of hydrogen-bond acceptors (Lipinski definition) is 3. The van der Waals surface area contributed by atoms with Crippen LogP contribution in [0, 0.1) is 6.92 Å². The molecule has 1 unspecified atom stereocenters. The molecule has 3 heterocycles. The number of fused-ring (bicyclic) bond motifs is 1. The fraction of sp³-hybridized carbons (Fsp3) is 0.190. The summed E-state index contributed by atoms with van der Waals surface area (Å²) in [5, 5.41) is 6.60. The molecule has 0 aliphatic carbocycles. The normalized spacial score (nSPS) is 12.8. The van der Waals surface area contributed by atoms with Gasteiger partial charge in [0.1, 0.15) is 5.69 Å². The van der Waals surface area contributed by atoms with Crippen LogP contribution in [0.5, 0.6) is 0 Å². The molecule has 0 radical (unpaired) electrons. The van der Waals surface area contributed by atoms with Gasteiger partial charge in [0.2, 0.25) is 0 Å². The van der Waals surface area contributed by atoms with E-state index in [0.29, 0.717) is 4.52 Å². The largest absolute Gasteiger partial charge is 0.433 e. The molecule has 4 aromatic rings. The number of hydrogen-bond donors (Lipinski definition) is 1. The van der Waals surface area contributed by atoms with Crippen LogP contribution in [0.15, 0.2) is 60.9 Å². The van der Waals surface area contributed by atoms with E-state index < -0.39 is 17.8 Å². The number of nitrogens with zero attached hydrogens (tertiary/aromatic N) is 4. The first-order valence-corrected chi connectivity index (χ1v) is 9.21. The Kier molecular flexibility index (Phi) is 4.81. The molecule has 1 amide bonds. The molecule has 0 spiro atoms. The molecule has 6 nitrogen and oxygen atoms in total. The van der Waals surface area contributed by atoms with Gasteiger partial charge in [-0.1, -0.05) is 12.1 Å². The van der Waals surface area contributed by atoms with Crippen molar-refractivity contribution in [1.29, 1.82) is 0 Å². The van der Waals surface area contributed by atoms with Gasteiger partial charge in [-0.05, 0) is 49.7 Å². The second-order valence-electron chi connectivity index (χ2n) is 6.96. The number of rotatable bonds is 4. The van der Waals surface area contributed by atoms with Gasteiger partial charge in [0, 0.05) is 29.8 Å². The van der Waals surface area contributed by atoms with Crippen molar-refractivity contribution in [2.75, 3.05) is 0 Å². The highest BCUT2D eigenvalue weighted by Gasteiger charge is 2.35. The SMILES string of the molecule is Cc1cc(C(F)(F)F)n2nc(C(=O)NC(C)c3ccc(-n4cccc4)cc3)cc2n1. The van der Waals surface area contributed by atoms with Crippen LogP contribution in [-0.4, -0.2) is 25.1 Å². The summed E-state index contributed by atoms with van der Waals surface area (Å²) in [6.45, 7) is 3.25. The Hall–Kier alpha value is -3.62. The van der Waals surface area contributed by atoms with Crippen molar-refractivity contribution in [2.45, 2.75) is 26.1 Å². The fourth-order valence-electron chi connectivity index (χ4n) is 3.21. The van der Waals surface area contributed by atoms with E-state index >= 15 is 0 Å². The second kappa shape index (κ2) is 7.33. The van der Waals surface area contributed by atoms with Crippen molar-refractivity contribution in [3.05, 3.63) is 83.6 Å². The monoisotopic (exact) mass is 413 g/mol. The zero-order valence-electron chi connectivity index (χ0n) is 16.2. The van der Waals surface area contributed by atoms with Crippen LogP contribution in [0.4, 0.5) is 13.2 Å². The molecule has 1 aromatic carbocycles. The molecule has 3 aromatic heterocycles. The minimum atomic E-state index is -4.61. The van der Waals surface area contributed by atoms with Crippen molar-refractivity contribution in [1.82, 2.24) is 24.5 Å². The van der Waals surface area contributed by atoms with Gasteiger partial charge in [-0.25, -0.2) is 9.50 Å². The molecule has 0 fully saturated rings. The van der Waals surface area contributed by atoms with Gasteiger partial charge in [0.25, 0.3) is 5.91 Å². The standard InChI is InChI=1S/C21H18F3N5O/c1-13-11-18(21(22,23)24)29-19(25-13)12-17(27-29)20(30)26-14(2)15-5-7-16(8-6-15)28-9-3-4-10-28/h3-12,14H,1-2H3,(H,26,30). The van der Waals surface area contributed by atoms with Crippen molar-refractivity contribution in [3.8, 4) is 5.69 Å². The van der Waals surface area contributed by atoms with Crippen LogP contribution in [0.3, 0.4) is 0 Å². The van der Waals surface area contributed by atoms with Gasteiger partial charge in [0.05, 0.1) is 6.04 Å². The minimum Gasteiger partial charge on any atom is -0.344 e. The predicted octanol–water partition coefficient (Wildman–Crippen LogP) is 4.34. The Morgan fingerprint density at radius 3 is 2.40 bits per heavy atom. The van der Waals surface area contributed by atoms with E-state index in [2.05, 4.69) is 15.4 Å². The lowest BCUT2D eigenvalue weighted by atomic mass is 10.1. The summed E-state index contributed by atoms with van der Waals surface area (Å²) in [6, 6.07) is 13.2. The van der Waals surface area contributed by atoms with Gasteiger partial charge < -0.3 is 9.88 Å². The van der Waals surface area contributed by atoms with E-state index in [0.717, 1.165) is 17.3 Å². The number of halogens is 3. The van der Waals surface area contributed by atoms with Crippen LogP contribution >= 0.6 is 0 Å². The molecule has 0 saturated carbocycles. The Balaban J connectivity index is 1.55. The highest BCUT2D eigenvalue weighted by molar-refractivity contribution is 5.93. The molecular weight excluding hydrogens is 395 g/mol. The van der Waals surface area contributed by atoms with Crippen LogP contribution < -0.4 is 5.32 Å². The number of carbonyl (C=O) groups is 1. The highest BCUT2D eigenvalue weighted by Crippen LogP contribution is 2.30. The number of amides is 1. The molecule has 0 bridgehead atoms. The molecule has 9 heteroatoms. The summed E-state index contributed by atoms with van der Waals surface area (Å²) < 4.78 is 42.5. The Bertz CT molecular complexity index is 1190. The van der Waals surface area contributed by atoms with Crippen molar-refractivity contribution < 1.29 is 18.0 Å². The lowest BCUT2D eigenvalue weighted by Gasteiger charge is -2.14. The van der Waals surface area contributed by atoms with E-state index in [-0.39, 0.29) is 23.1 Å². The van der Waals surface area contributed by atoms with E-state index in [9.17, 15) is 18.0 Å². The third kappa shape index (κ3) is 3.78. The molecular formula is C21H18F3N5O. The fourth-order valence-corrected chi connectivity index (χ4v) is 3.21. The van der Waals surface area contributed by atoms with Crippen molar-refractivity contribution in [3.63, 3.8) is 0 Å². The van der Waals surface area contributed by atoms with Gasteiger partial charge in [-0.3, -0.25) is 4.79 Å². The first-order valence-electron chi connectivity index (χ1n) is 9.21. The van der Waals surface area contributed by atoms with Crippen molar-refractivity contribution in [2.24, 2.45) is 0 Å². The lowest BCUT2D eigenvalue weighted by molar-refractivity contribution is -0.142. The number of aryl methyl sites for hydroxylation is 1. The number of aromatic nitrogens is 4. The summed E-state index contributed by atoms with van der Waals surface area (Å²) in [6.07, 6.45) is -0.760. The number of nitrogens with one attached hydrogen (secondary N) is 1. The average molecular weight is 413 g/mol. The molecule has 154 valence electrons. The predicted molar refractivity (Wildman–Crippen MR) is 104 cm³/mol. The summed E-state index contributed by atoms with van der Waals surface area (Å²) >= 11 is 0. The van der Waals surface area contributed by atoms with E-state index in [4.69, 9.17) is 0 Å². The second-order valence-corrected chi connectivity index (χ2v) is 6.96. The molecule has 0 saturated heterocycles. The van der Waals surface area contributed by atoms with E-state index in [1.165, 1.54) is 13.0 Å². The van der Waals surface area contributed by atoms with E-state index in [1.807, 2.05) is 53.4 Å². The third-order valence-electron chi connectivity index (χ3n) is 4.72. The average Bonchev–Trinajstić information content (AvgIpc) is 3.36. The van der Waals surface area contributed by atoms with Gasteiger partial charge in [-0.2, -0.15) is 18.3 Å². The Morgan fingerprint density at radius 2 is 1.77 bits per heavy atom. The number of alkyl halides is 3. The molecule has 4 rings (SSSR count). The maximum absolute atomic E-state index is 13.3. The summed E-state index contributed by atoms with van der Waals surface area (Å²) in [5.74, 6) is -0.576. The molecule has 1 N–H and O–H groups in total. The number of benzene rings is 1. The maximum atomic E-state index is 13.3. The van der Waals surface area contributed by atoms with Crippen LogP contribution in [-0.2, 0) is 6.18 Å². The van der Waals surface area contributed by atoms with Crippen LogP contribution in [0.1, 0.15) is 40.4 Å². The van der Waals surface area contributed by atoms with Gasteiger partial charge in [-0.15, -0.1) is 0 Å². The molecule has 1 atom stereocenters. The molecule has 30 heavy (non-hydrogen) atoms. The van der Waals surface area contributed by atoms with Crippen molar-refractivity contribution >= 4 is 11.6 Å². The third-order valence-corrected chi connectivity index (χ3v) is 4.72. The Morgan fingerprint density at radius 1 is 1.10 bits per heavy atom. The minimum absolute atomic E-state index is 0.0313. The quantitative estimate of drug-likeness (QED) is 0.541. The van der Waals surface area contributed by atoms with Gasteiger partial charge in [0.15, 0.2) is 11.3 Å². The van der Waals surface area contributed by atoms with Crippen LogP contribution in [0.25, 0.3) is 11.3 Å². The smallest absolute Gasteiger partial charge is 0.344 e. The zero-order chi connectivity index (χ0) is 21.5. The van der Waals surface area contributed by atoms with E-state index in [1.54, 1.807) is 6.92 Å². The molecule has 0 aliphatic rings. The summed E-state index contributed by atoms with van der Waals surface area (Å²) in [5.41, 5.74) is 0.887. The highest BCUT2D eigenvalue weighted by atomic mass is 19.4. The Labute approximate surface area is 170 Å². The summed E-state index contributed by atoms with van der Waals surface area (Å²) in [7, 11) is 0. The first kappa shape index (κ1) is 19.7. The molecule has 0 aliphatic heterocycles. The summed E-state index contributed by atoms with van der Waals surface area (Å²) in [4.78, 5) is 16.6.